The fraction of sp³-hybridized carbons (Fsp3) is 0. The van der Waals surface area contributed by atoms with Gasteiger partial charge in [-0.05, 0) is 18.2 Å². The number of nitriles is 1. The number of aromatic nitrogens is 2. The van der Waals surface area contributed by atoms with Gasteiger partial charge in [0.1, 0.15) is 17.4 Å². The van der Waals surface area contributed by atoms with Gasteiger partial charge in [-0.3, -0.25) is 0 Å². The molecule has 0 saturated carbocycles. The van der Waals surface area contributed by atoms with Crippen LogP contribution in [0.2, 0.25) is 0 Å². The van der Waals surface area contributed by atoms with Crippen LogP contribution >= 0.6 is 15.9 Å². The van der Waals surface area contributed by atoms with Gasteiger partial charge in [-0.1, -0.05) is 46.3 Å². The summed E-state index contributed by atoms with van der Waals surface area (Å²) in [6, 6.07) is 16.7. The molecule has 3 rings (SSSR count). The van der Waals surface area contributed by atoms with Crippen LogP contribution in [0.1, 0.15) is 11.4 Å². The monoisotopic (exact) mass is 339 g/mol. The summed E-state index contributed by atoms with van der Waals surface area (Å²) in [6.07, 6.45) is 0. The second-order valence-corrected chi connectivity index (χ2v) is 5.27. The highest BCUT2D eigenvalue weighted by Gasteiger charge is 2.16. The average Bonchev–Trinajstić information content (AvgIpc) is 2.91. The SMILES string of the molecule is N#C/C(=C(/O)c1ccccc1Br)c1nc2ccccc2[nH]1. The van der Waals surface area contributed by atoms with Crippen LogP contribution in [0.3, 0.4) is 0 Å². The molecule has 0 radical (unpaired) electrons. The molecule has 1 aromatic heterocycles. The summed E-state index contributed by atoms with van der Waals surface area (Å²) in [5.41, 5.74) is 2.23. The minimum Gasteiger partial charge on any atom is -0.506 e. The summed E-state index contributed by atoms with van der Waals surface area (Å²) >= 11 is 3.37. The first kappa shape index (κ1) is 13.4. The highest BCUT2D eigenvalue weighted by molar-refractivity contribution is 9.10. The lowest BCUT2D eigenvalue weighted by Crippen LogP contribution is -1.93. The van der Waals surface area contributed by atoms with E-state index in [1.807, 2.05) is 36.4 Å². The molecule has 0 bridgehead atoms. The van der Waals surface area contributed by atoms with E-state index >= 15 is 0 Å². The van der Waals surface area contributed by atoms with Crippen molar-refractivity contribution in [1.82, 2.24) is 9.97 Å². The number of aromatic amines is 1. The maximum atomic E-state index is 10.4. The number of hydrogen-bond donors (Lipinski definition) is 2. The summed E-state index contributed by atoms with van der Waals surface area (Å²) in [6.45, 7) is 0. The number of aliphatic hydroxyl groups is 1. The maximum absolute atomic E-state index is 10.4. The number of para-hydroxylation sites is 2. The Morgan fingerprint density at radius 1 is 1.14 bits per heavy atom. The smallest absolute Gasteiger partial charge is 0.153 e. The highest BCUT2D eigenvalue weighted by atomic mass is 79.9. The van der Waals surface area contributed by atoms with Gasteiger partial charge < -0.3 is 10.1 Å². The molecule has 0 saturated heterocycles. The van der Waals surface area contributed by atoms with Crippen molar-refractivity contribution >= 4 is 38.3 Å². The Balaban J connectivity index is 2.19. The van der Waals surface area contributed by atoms with E-state index in [1.54, 1.807) is 18.2 Å². The van der Waals surface area contributed by atoms with Crippen LogP contribution < -0.4 is 0 Å². The second-order valence-electron chi connectivity index (χ2n) is 4.42. The third kappa shape index (κ3) is 2.41. The van der Waals surface area contributed by atoms with E-state index in [1.165, 1.54) is 0 Å². The Labute approximate surface area is 129 Å². The second kappa shape index (κ2) is 5.43. The molecule has 0 amide bonds. The standard InChI is InChI=1S/C16H10BrN3O/c17-12-6-2-1-5-10(12)15(21)11(9-18)16-19-13-7-3-4-8-14(13)20-16/h1-8,21H,(H,19,20)/b15-11-. The average molecular weight is 340 g/mol. The molecule has 4 nitrogen and oxygen atoms in total. The van der Waals surface area contributed by atoms with Crippen LogP contribution in [0.5, 0.6) is 0 Å². The first-order valence-corrected chi connectivity index (χ1v) is 7.03. The first-order valence-electron chi connectivity index (χ1n) is 6.24. The summed E-state index contributed by atoms with van der Waals surface area (Å²) in [5.74, 6) is 0.246. The molecular formula is C16H10BrN3O. The zero-order chi connectivity index (χ0) is 14.8. The number of hydrogen-bond acceptors (Lipinski definition) is 3. The van der Waals surface area contributed by atoms with Crippen molar-refractivity contribution in [2.24, 2.45) is 0 Å². The van der Waals surface area contributed by atoms with Gasteiger partial charge in [-0.25, -0.2) is 4.98 Å². The van der Waals surface area contributed by atoms with Crippen molar-refractivity contribution in [3.63, 3.8) is 0 Å². The van der Waals surface area contributed by atoms with Crippen LogP contribution in [0, 0.1) is 11.3 Å². The molecule has 0 fully saturated rings. The van der Waals surface area contributed by atoms with Crippen LogP contribution in [0.4, 0.5) is 0 Å². The van der Waals surface area contributed by atoms with E-state index in [4.69, 9.17) is 0 Å². The molecule has 102 valence electrons. The predicted molar refractivity (Wildman–Crippen MR) is 85.3 cm³/mol. The third-order valence-electron chi connectivity index (χ3n) is 3.10. The molecule has 0 unspecified atom stereocenters. The van der Waals surface area contributed by atoms with E-state index in [-0.39, 0.29) is 11.3 Å². The highest BCUT2D eigenvalue weighted by Crippen LogP contribution is 2.28. The van der Waals surface area contributed by atoms with Gasteiger partial charge in [-0.15, -0.1) is 0 Å². The van der Waals surface area contributed by atoms with Gasteiger partial charge in [0, 0.05) is 10.0 Å². The largest absolute Gasteiger partial charge is 0.506 e. The molecule has 1 heterocycles. The number of nitrogens with one attached hydrogen (secondary N) is 1. The van der Waals surface area contributed by atoms with E-state index in [0.717, 1.165) is 11.0 Å². The van der Waals surface area contributed by atoms with Crippen LogP contribution in [0.15, 0.2) is 53.0 Å². The Kier molecular flexibility index (Phi) is 3.46. The van der Waals surface area contributed by atoms with Crippen molar-refractivity contribution in [1.29, 1.82) is 5.26 Å². The molecule has 2 aromatic carbocycles. The lowest BCUT2D eigenvalue weighted by Gasteiger charge is -2.04. The normalized spacial score (nSPS) is 12.0. The van der Waals surface area contributed by atoms with Gasteiger partial charge in [0.05, 0.1) is 11.0 Å². The van der Waals surface area contributed by atoms with E-state index in [9.17, 15) is 10.4 Å². The zero-order valence-electron chi connectivity index (χ0n) is 10.8. The summed E-state index contributed by atoms with van der Waals surface area (Å²) < 4.78 is 0.714. The van der Waals surface area contributed by atoms with E-state index < -0.39 is 0 Å². The van der Waals surface area contributed by atoms with Gasteiger partial charge in [-0.2, -0.15) is 5.26 Å². The number of aliphatic hydroxyl groups excluding tert-OH is 1. The number of fused-ring (bicyclic) bond motifs is 1. The van der Waals surface area contributed by atoms with Gasteiger partial charge in [0.25, 0.3) is 0 Å². The molecule has 0 aliphatic rings. The number of imidazole rings is 1. The molecule has 2 N–H and O–H groups in total. The Morgan fingerprint density at radius 2 is 1.86 bits per heavy atom. The minimum absolute atomic E-state index is 0.107. The summed E-state index contributed by atoms with van der Waals surface area (Å²) in [5, 5.41) is 19.8. The van der Waals surface area contributed by atoms with Gasteiger partial charge >= 0.3 is 0 Å². The predicted octanol–water partition coefficient (Wildman–Crippen LogP) is 4.28. The Bertz CT molecular complexity index is 857. The van der Waals surface area contributed by atoms with Crippen molar-refractivity contribution < 1.29 is 5.11 Å². The number of halogens is 1. The van der Waals surface area contributed by atoms with Crippen LogP contribution in [0.25, 0.3) is 22.4 Å². The Morgan fingerprint density at radius 3 is 2.57 bits per heavy atom. The molecular weight excluding hydrogens is 330 g/mol. The van der Waals surface area contributed by atoms with E-state index in [0.29, 0.717) is 15.9 Å². The fourth-order valence-corrected chi connectivity index (χ4v) is 2.55. The quantitative estimate of drug-likeness (QED) is 0.540. The number of allylic oxidation sites excluding steroid dienone is 1. The third-order valence-corrected chi connectivity index (χ3v) is 3.80. The van der Waals surface area contributed by atoms with Gasteiger partial charge in [0.15, 0.2) is 5.82 Å². The zero-order valence-corrected chi connectivity index (χ0v) is 12.4. The molecule has 0 spiro atoms. The molecule has 0 atom stereocenters. The van der Waals surface area contributed by atoms with Crippen molar-refractivity contribution in [2.45, 2.75) is 0 Å². The number of benzene rings is 2. The summed E-state index contributed by atoms with van der Waals surface area (Å²) in [4.78, 5) is 7.40. The molecule has 5 heteroatoms. The van der Waals surface area contributed by atoms with Gasteiger partial charge in [0.2, 0.25) is 0 Å². The Hall–Kier alpha value is -2.58. The lowest BCUT2D eigenvalue weighted by molar-refractivity contribution is 0.513. The first-order chi connectivity index (χ1) is 10.2. The van der Waals surface area contributed by atoms with Crippen molar-refractivity contribution in [3.05, 3.63) is 64.4 Å². The molecule has 3 aromatic rings. The maximum Gasteiger partial charge on any atom is 0.153 e. The molecule has 0 aliphatic heterocycles. The summed E-state index contributed by atoms with van der Waals surface area (Å²) in [7, 11) is 0. The van der Waals surface area contributed by atoms with Crippen LogP contribution in [-0.4, -0.2) is 15.1 Å². The fourth-order valence-electron chi connectivity index (χ4n) is 2.08. The van der Waals surface area contributed by atoms with E-state index in [2.05, 4.69) is 25.9 Å². The molecule has 0 aliphatic carbocycles. The minimum atomic E-state index is -0.107. The number of H-pyrrole nitrogens is 1. The number of nitrogens with zero attached hydrogens (tertiary/aromatic N) is 2. The van der Waals surface area contributed by atoms with Crippen molar-refractivity contribution in [2.75, 3.05) is 0 Å². The topological polar surface area (TPSA) is 72.7 Å². The lowest BCUT2D eigenvalue weighted by atomic mass is 10.1. The number of rotatable bonds is 2. The molecule has 21 heavy (non-hydrogen) atoms. The van der Waals surface area contributed by atoms with Crippen LogP contribution in [-0.2, 0) is 0 Å². The van der Waals surface area contributed by atoms with Crippen molar-refractivity contribution in [3.8, 4) is 6.07 Å².